The first-order valence-electron chi connectivity index (χ1n) is 6.77. The number of hydrogen-bond donors (Lipinski definition) is 0. The molecule has 2 nitrogen and oxygen atoms in total. The molecule has 1 fully saturated rings. The van der Waals surface area contributed by atoms with E-state index >= 15 is 0 Å². The number of amides is 1. The number of benzene rings is 1. The third kappa shape index (κ3) is 2.28. The Kier molecular flexibility index (Phi) is 3.33. The van der Waals surface area contributed by atoms with E-state index in [1.165, 1.54) is 10.5 Å². The second-order valence-electron chi connectivity index (χ2n) is 5.38. The molecule has 0 radical (unpaired) electrons. The molecule has 0 aromatic heterocycles. The minimum atomic E-state index is 0.229. The van der Waals surface area contributed by atoms with Crippen LogP contribution in [0.1, 0.15) is 25.3 Å². The number of carbonyl (C=O) groups is 1. The van der Waals surface area contributed by atoms with Gasteiger partial charge in [-0.1, -0.05) is 25.1 Å². The lowest BCUT2D eigenvalue weighted by Gasteiger charge is -2.32. The Bertz CT molecular complexity index is 435. The SMILES string of the molecule is CC1CCCN(CC2Cc3ccccc3S2)C1=O. The van der Waals surface area contributed by atoms with Gasteiger partial charge in [0.25, 0.3) is 0 Å². The summed E-state index contributed by atoms with van der Waals surface area (Å²) in [4.78, 5) is 15.6. The fourth-order valence-electron chi connectivity index (χ4n) is 2.92. The fourth-order valence-corrected chi connectivity index (χ4v) is 4.25. The monoisotopic (exact) mass is 261 g/mol. The van der Waals surface area contributed by atoms with E-state index in [0.717, 1.165) is 32.4 Å². The number of thioether (sulfide) groups is 1. The van der Waals surface area contributed by atoms with Gasteiger partial charge in [0, 0.05) is 29.2 Å². The van der Waals surface area contributed by atoms with Crippen LogP contribution in [-0.4, -0.2) is 29.1 Å². The van der Waals surface area contributed by atoms with Gasteiger partial charge in [0.05, 0.1) is 0 Å². The Hall–Kier alpha value is -0.960. The first-order chi connectivity index (χ1) is 8.74. The van der Waals surface area contributed by atoms with Crippen LogP contribution in [0.3, 0.4) is 0 Å². The van der Waals surface area contributed by atoms with Gasteiger partial charge in [0.1, 0.15) is 0 Å². The number of nitrogens with zero attached hydrogens (tertiary/aromatic N) is 1. The van der Waals surface area contributed by atoms with Crippen molar-refractivity contribution in [2.24, 2.45) is 5.92 Å². The number of rotatable bonds is 2. The highest BCUT2D eigenvalue weighted by Crippen LogP contribution is 2.37. The Morgan fingerprint density at radius 3 is 3.06 bits per heavy atom. The maximum absolute atomic E-state index is 12.1. The molecule has 1 aromatic rings. The zero-order valence-electron chi connectivity index (χ0n) is 10.8. The van der Waals surface area contributed by atoms with E-state index in [0.29, 0.717) is 11.2 Å². The fraction of sp³-hybridized carbons (Fsp3) is 0.533. The molecule has 0 N–H and O–H groups in total. The second kappa shape index (κ2) is 4.96. The minimum Gasteiger partial charge on any atom is -0.341 e. The van der Waals surface area contributed by atoms with E-state index in [1.54, 1.807) is 0 Å². The first-order valence-corrected chi connectivity index (χ1v) is 7.65. The van der Waals surface area contributed by atoms with Gasteiger partial charge in [0.15, 0.2) is 0 Å². The summed E-state index contributed by atoms with van der Waals surface area (Å²) in [5.41, 5.74) is 1.45. The van der Waals surface area contributed by atoms with Gasteiger partial charge in [-0.3, -0.25) is 4.79 Å². The predicted molar refractivity (Wildman–Crippen MR) is 74.8 cm³/mol. The van der Waals surface area contributed by atoms with Gasteiger partial charge in [-0.25, -0.2) is 0 Å². The summed E-state index contributed by atoms with van der Waals surface area (Å²) >= 11 is 1.94. The van der Waals surface area contributed by atoms with Gasteiger partial charge in [0.2, 0.25) is 5.91 Å². The molecule has 18 heavy (non-hydrogen) atoms. The maximum atomic E-state index is 12.1. The topological polar surface area (TPSA) is 20.3 Å². The molecular weight excluding hydrogens is 242 g/mol. The summed E-state index contributed by atoms with van der Waals surface area (Å²) in [6.45, 7) is 3.93. The van der Waals surface area contributed by atoms with E-state index < -0.39 is 0 Å². The van der Waals surface area contributed by atoms with Crippen molar-refractivity contribution in [3.8, 4) is 0 Å². The molecule has 2 atom stereocenters. The predicted octanol–water partition coefficient (Wildman–Crippen LogP) is 2.96. The van der Waals surface area contributed by atoms with E-state index in [-0.39, 0.29) is 5.92 Å². The van der Waals surface area contributed by atoms with Crippen LogP contribution in [0.25, 0.3) is 0 Å². The highest BCUT2D eigenvalue weighted by atomic mass is 32.2. The lowest BCUT2D eigenvalue weighted by atomic mass is 9.99. The Morgan fingerprint density at radius 1 is 1.39 bits per heavy atom. The molecule has 0 spiro atoms. The molecule has 1 aromatic carbocycles. The first kappa shape index (κ1) is 12.1. The molecule has 1 amide bonds. The largest absolute Gasteiger partial charge is 0.341 e. The average Bonchev–Trinajstić information content (AvgIpc) is 2.77. The molecule has 2 heterocycles. The number of carbonyl (C=O) groups excluding carboxylic acids is 1. The molecule has 2 unspecified atom stereocenters. The summed E-state index contributed by atoms with van der Waals surface area (Å²) in [6, 6.07) is 8.61. The molecule has 3 rings (SSSR count). The van der Waals surface area contributed by atoms with Crippen LogP contribution in [0, 0.1) is 5.92 Å². The van der Waals surface area contributed by atoms with E-state index in [2.05, 4.69) is 36.1 Å². The molecule has 96 valence electrons. The number of hydrogen-bond acceptors (Lipinski definition) is 2. The summed E-state index contributed by atoms with van der Waals surface area (Å²) in [6.07, 6.45) is 3.34. The highest BCUT2D eigenvalue weighted by Gasteiger charge is 2.29. The minimum absolute atomic E-state index is 0.229. The second-order valence-corrected chi connectivity index (χ2v) is 6.72. The Balaban J connectivity index is 1.64. The van der Waals surface area contributed by atoms with Crippen LogP contribution in [-0.2, 0) is 11.2 Å². The lowest BCUT2D eigenvalue weighted by molar-refractivity contribution is -0.137. The summed E-state index contributed by atoms with van der Waals surface area (Å²) in [5.74, 6) is 0.588. The van der Waals surface area contributed by atoms with Crippen molar-refractivity contribution in [1.82, 2.24) is 4.90 Å². The highest BCUT2D eigenvalue weighted by molar-refractivity contribution is 8.00. The molecule has 0 saturated carbocycles. The smallest absolute Gasteiger partial charge is 0.225 e. The van der Waals surface area contributed by atoms with Crippen molar-refractivity contribution in [2.75, 3.05) is 13.1 Å². The number of fused-ring (bicyclic) bond motifs is 1. The van der Waals surface area contributed by atoms with Crippen molar-refractivity contribution < 1.29 is 4.79 Å². The van der Waals surface area contributed by atoms with Gasteiger partial charge >= 0.3 is 0 Å². The Morgan fingerprint density at radius 2 is 2.22 bits per heavy atom. The van der Waals surface area contributed by atoms with Crippen molar-refractivity contribution in [3.05, 3.63) is 29.8 Å². The molecule has 2 aliphatic rings. The number of likely N-dealkylation sites (tertiary alicyclic amines) is 1. The molecule has 2 aliphatic heterocycles. The van der Waals surface area contributed by atoms with Crippen LogP contribution < -0.4 is 0 Å². The van der Waals surface area contributed by atoms with Crippen molar-refractivity contribution in [2.45, 2.75) is 36.3 Å². The van der Waals surface area contributed by atoms with Crippen LogP contribution in [0.4, 0.5) is 0 Å². The van der Waals surface area contributed by atoms with Crippen LogP contribution in [0.15, 0.2) is 29.2 Å². The quantitative estimate of drug-likeness (QED) is 0.816. The van der Waals surface area contributed by atoms with E-state index in [9.17, 15) is 4.79 Å². The summed E-state index contributed by atoms with van der Waals surface area (Å²) < 4.78 is 0. The Labute approximate surface area is 113 Å². The van der Waals surface area contributed by atoms with Gasteiger partial charge in [-0.2, -0.15) is 0 Å². The molecule has 3 heteroatoms. The maximum Gasteiger partial charge on any atom is 0.225 e. The molecular formula is C15H19NOS. The third-order valence-corrected chi connectivity index (χ3v) is 5.24. The zero-order chi connectivity index (χ0) is 12.5. The van der Waals surface area contributed by atoms with E-state index in [4.69, 9.17) is 0 Å². The van der Waals surface area contributed by atoms with Crippen LogP contribution in [0.5, 0.6) is 0 Å². The van der Waals surface area contributed by atoms with E-state index in [1.807, 2.05) is 11.8 Å². The van der Waals surface area contributed by atoms with Crippen molar-refractivity contribution in [3.63, 3.8) is 0 Å². The summed E-state index contributed by atoms with van der Waals surface area (Å²) in [7, 11) is 0. The van der Waals surface area contributed by atoms with Gasteiger partial charge < -0.3 is 4.90 Å². The zero-order valence-corrected chi connectivity index (χ0v) is 11.6. The van der Waals surface area contributed by atoms with Crippen molar-refractivity contribution >= 4 is 17.7 Å². The summed E-state index contributed by atoms with van der Waals surface area (Å²) in [5, 5.41) is 0.552. The lowest BCUT2D eigenvalue weighted by Crippen LogP contribution is -2.43. The number of piperidine rings is 1. The molecule has 1 saturated heterocycles. The standard InChI is InChI=1S/C15H19NOS/c1-11-5-4-8-16(15(11)17)10-13-9-12-6-2-3-7-14(12)18-13/h2-3,6-7,11,13H,4-5,8-10H2,1H3. The molecule has 0 aliphatic carbocycles. The van der Waals surface area contributed by atoms with Crippen molar-refractivity contribution in [1.29, 1.82) is 0 Å². The normalized spacial score (nSPS) is 27.4. The van der Waals surface area contributed by atoms with Crippen LogP contribution in [0.2, 0.25) is 0 Å². The van der Waals surface area contributed by atoms with Crippen LogP contribution >= 0.6 is 11.8 Å². The third-order valence-electron chi connectivity index (χ3n) is 3.94. The average molecular weight is 261 g/mol. The van der Waals surface area contributed by atoms with Gasteiger partial charge in [-0.15, -0.1) is 11.8 Å². The molecule has 0 bridgehead atoms. The van der Waals surface area contributed by atoms with Gasteiger partial charge in [-0.05, 0) is 30.9 Å².